The Kier molecular flexibility index (Phi) is 3.29. The fraction of sp³-hybridized carbons (Fsp3) is 0.455. The van der Waals surface area contributed by atoms with Crippen LogP contribution in [0.2, 0.25) is 0 Å². The molecule has 15 heavy (non-hydrogen) atoms. The highest BCUT2D eigenvalue weighted by Gasteiger charge is 2.36. The Morgan fingerprint density at radius 2 is 2.00 bits per heavy atom. The number of aryl methyl sites for hydroxylation is 1. The zero-order chi connectivity index (χ0) is 11.6. The summed E-state index contributed by atoms with van der Waals surface area (Å²) in [7, 11) is 1.51. The van der Waals surface area contributed by atoms with Crippen molar-refractivity contribution in [2.24, 2.45) is 5.73 Å². The average molecular weight is 215 g/mol. The fourth-order valence-electron chi connectivity index (χ4n) is 1.35. The maximum absolute atomic E-state index is 13.5. The second-order valence-corrected chi connectivity index (χ2v) is 3.60. The molecule has 2 N–H and O–H groups in total. The maximum atomic E-state index is 13.5. The van der Waals surface area contributed by atoms with Crippen molar-refractivity contribution in [1.82, 2.24) is 0 Å². The summed E-state index contributed by atoms with van der Waals surface area (Å²) in [6.45, 7) is 3.01. The summed E-state index contributed by atoms with van der Waals surface area (Å²) in [5, 5.41) is 0. The van der Waals surface area contributed by atoms with Crippen LogP contribution in [0.15, 0.2) is 18.2 Å². The molecule has 1 rings (SSSR count). The maximum Gasteiger partial charge on any atom is 0.287 e. The summed E-state index contributed by atoms with van der Waals surface area (Å²) < 4.78 is 32.1. The smallest absolute Gasteiger partial charge is 0.287 e. The Labute approximate surface area is 88.0 Å². The van der Waals surface area contributed by atoms with Gasteiger partial charge in [-0.15, -0.1) is 0 Å². The van der Waals surface area contributed by atoms with Crippen LogP contribution in [0.25, 0.3) is 0 Å². The summed E-state index contributed by atoms with van der Waals surface area (Å²) in [6.07, 6.45) is 0. The highest BCUT2D eigenvalue weighted by molar-refractivity contribution is 5.38. The van der Waals surface area contributed by atoms with Gasteiger partial charge in [0.05, 0.1) is 13.2 Å². The van der Waals surface area contributed by atoms with Crippen LogP contribution in [0.3, 0.4) is 0 Å². The van der Waals surface area contributed by atoms with E-state index >= 15 is 0 Å². The normalized spacial score (nSPS) is 13.7. The number of halogens is 2. The average Bonchev–Trinajstić information content (AvgIpc) is 2.17. The molecule has 1 aromatic rings. The van der Waals surface area contributed by atoms with E-state index < -0.39 is 12.0 Å². The van der Waals surface area contributed by atoms with Crippen molar-refractivity contribution in [3.63, 3.8) is 0 Å². The highest BCUT2D eigenvalue weighted by Crippen LogP contribution is 2.33. The van der Waals surface area contributed by atoms with E-state index in [2.05, 4.69) is 0 Å². The first-order valence-electron chi connectivity index (χ1n) is 4.68. The number of alkyl halides is 2. The first-order valence-corrected chi connectivity index (χ1v) is 4.68. The van der Waals surface area contributed by atoms with Gasteiger partial charge in [0.1, 0.15) is 5.75 Å². The third-order valence-electron chi connectivity index (χ3n) is 2.35. The number of hydrogen-bond donors (Lipinski definition) is 1. The molecule has 0 aliphatic carbocycles. The number of hydrogen-bond acceptors (Lipinski definition) is 2. The number of nitrogens with two attached hydrogens (primary N) is 1. The quantitative estimate of drug-likeness (QED) is 0.840. The second-order valence-electron chi connectivity index (χ2n) is 3.60. The molecule has 2 nitrogen and oxygen atoms in total. The number of benzene rings is 1. The van der Waals surface area contributed by atoms with E-state index in [0.29, 0.717) is 11.3 Å². The molecular weight excluding hydrogens is 200 g/mol. The lowest BCUT2D eigenvalue weighted by atomic mass is 10.0. The standard InChI is InChI=1S/C11H15F2NO/c1-7-6-9(4-5-10(7)15-3)11(12,13)8(2)14/h4-6,8H,14H2,1-3H3. The van der Waals surface area contributed by atoms with Crippen LogP contribution < -0.4 is 10.5 Å². The molecule has 0 aromatic heterocycles. The van der Waals surface area contributed by atoms with Crippen LogP contribution >= 0.6 is 0 Å². The van der Waals surface area contributed by atoms with Gasteiger partial charge < -0.3 is 10.5 Å². The van der Waals surface area contributed by atoms with E-state index in [1.54, 1.807) is 6.92 Å². The summed E-state index contributed by atoms with van der Waals surface area (Å²) in [4.78, 5) is 0. The van der Waals surface area contributed by atoms with Gasteiger partial charge in [0, 0.05) is 5.56 Å². The Morgan fingerprint density at radius 1 is 1.40 bits per heavy atom. The van der Waals surface area contributed by atoms with Crippen molar-refractivity contribution in [2.45, 2.75) is 25.8 Å². The summed E-state index contributed by atoms with van der Waals surface area (Å²) in [5.41, 5.74) is 5.84. The lowest BCUT2D eigenvalue weighted by molar-refractivity contribution is -0.0257. The molecule has 0 fully saturated rings. The fourth-order valence-corrected chi connectivity index (χ4v) is 1.35. The van der Waals surface area contributed by atoms with Crippen molar-refractivity contribution in [3.8, 4) is 5.75 Å². The minimum atomic E-state index is -3.00. The van der Waals surface area contributed by atoms with E-state index in [9.17, 15) is 8.78 Å². The molecule has 0 saturated carbocycles. The zero-order valence-corrected chi connectivity index (χ0v) is 9.05. The van der Waals surface area contributed by atoms with E-state index in [1.807, 2.05) is 0 Å². The molecule has 0 aliphatic rings. The second kappa shape index (κ2) is 4.14. The largest absolute Gasteiger partial charge is 0.496 e. The molecule has 0 heterocycles. The predicted octanol–water partition coefficient (Wildman–Crippen LogP) is 2.44. The van der Waals surface area contributed by atoms with E-state index in [1.165, 1.54) is 32.2 Å². The molecule has 84 valence electrons. The minimum absolute atomic E-state index is 0.0733. The molecular formula is C11H15F2NO. The molecule has 1 aromatic carbocycles. The Morgan fingerprint density at radius 3 is 2.40 bits per heavy atom. The van der Waals surface area contributed by atoms with Gasteiger partial charge in [-0.3, -0.25) is 0 Å². The van der Waals surface area contributed by atoms with Gasteiger partial charge in [-0.25, -0.2) is 0 Å². The molecule has 0 bridgehead atoms. The SMILES string of the molecule is COc1ccc(C(F)(F)C(C)N)cc1C. The predicted molar refractivity (Wildman–Crippen MR) is 55.3 cm³/mol. The van der Waals surface area contributed by atoms with Gasteiger partial charge in [-0.05, 0) is 37.6 Å². The molecule has 0 radical (unpaired) electrons. The first kappa shape index (κ1) is 11.9. The number of methoxy groups -OCH3 is 1. The molecule has 0 spiro atoms. The van der Waals surface area contributed by atoms with Gasteiger partial charge in [0.15, 0.2) is 0 Å². The van der Waals surface area contributed by atoms with Crippen LogP contribution in [-0.4, -0.2) is 13.2 Å². The lowest BCUT2D eigenvalue weighted by Gasteiger charge is -2.21. The third-order valence-corrected chi connectivity index (χ3v) is 2.35. The van der Waals surface area contributed by atoms with Crippen LogP contribution in [0, 0.1) is 6.92 Å². The summed E-state index contributed by atoms with van der Waals surface area (Å²) in [5.74, 6) is -2.41. The Bertz CT molecular complexity index is 350. The van der Waals surface area contributed by atoms with E-state index in [4.69, 9.17) is 10.5 Å². The summed E-state index contributed by atoms with van der Waals surface area (Å²) in [6, 6.07) is 3.07. The Hall–Kier alpha value is -1.16. The molecule has 1 unspecified atom stereocenters. The van der Waals surface area contributed by atoms with Gasteiger partial charge in [-0.2, -0.15) is 8.78 Å². The molecule has 0 aliphatic heterocycles. The van der Waals surface area contributed by atoms with Crippen LogP contribution in [0.1, 0.15) is 18.1 Å². The van der Waals surface area contributed by atoms with Crippen molar-refractivity contribution in [1.29, 1.82) is 0 Å². The molecule has 0 saturated heterocycles. The molecule has 0 amide bonds. The third kappa shape index (κ3) is 2.26. The molecule has 4 heteroatoms. The number of rotatable bonds is 3. The first-order chi connectivity index (χ1) is 6.89. The lowest BCUT2D eigenvalue weighted by Crippen LogP contribution is -2.35. The van der Waals surface area contributed by atoms with Crippen LogP contribution in [-0.2, 0) is 5.92 Å². The van der Waals surface area contributed by atoms with Gasteiger partial charge in [0.25, 0.3) is 5.92 Å². The van der Waals surface area contributed by atoms with Crippen LogP contribution in [0.4, 0.5) is 8.78 Å². The molecule has 1 atom stereocenters. The van der Waals surface area contributed by atoms with Gasteiger partial charge in [0.2, 0.25) is 0 Å². The number of ether oxygens (including phenoxy) is 1. The van der Waals surface area contributed by atoms with E-state index in [0.717, 1.165) is 0 Å². The van der Waals surface area contributed by atoms with Gasteiger partial charge in [-0.1, -0.05) is 0 Å². The highest BCUT2D eigenvalue weighted by atomic mass is 19.3. The van der Waals surface area contributed by atoms with Crippen molar-refractivity contribution in [2.75, 3.05) is 7.11 Å². The van der Waals surface area contributed by atoms with Crippen LogP contribution in [0.5, 0.6) is 5.75 Å². The van der Waals surface area contributed by atoms with Crippen molar-refractivity contribution < 1.29 is 13.5 Å². The topological polar surface area (TPSA) is 35.2 Å². The zero-order valence-electron chi connectivity index (χ0n) is 9.05. The van der Waals surface area contributed by atoms with Crippen molar-refractivity contribution in [3.05, 3.63) is 29.3 Å². The van der Waals surface area contributed by atoms with Crippen molar-refractivity contribution >= 4 is 0 Å². The summed E-state index contributed by atoms with van der Waals surface area (Å²) >= 11 is 0. The van der Waals surface area contributed by atoms with E-state index in [-0.39, 0.29) is 5.56 Å². The monoisotopic (exact) mass is 215 g/mol. The Balaban J connectivity index is 3.12. The minimum Gasteiger partial charge on any atom is -0.496 e. The van der Waals surface area contributed by atoms with Gasteiger partial charge >= 0.3 is 0 Å².